The number of sulfonamides is 1. The van der Waals surface area contributed by atoms with Crippen molar-refractivity contribution in [3.63, 3.8) is 0 Å². The van der Waals surface area contributed by atoms with E-state index >= 15 is 0 Å². The smallest absolute Gasteiger partial charge is 0.422 e. The summed E-state index contributed by atoms with van der Waals surface area (Å²) in [6, 6.07) is 2.68. The number of thiophene rings is 1. The Kier molecular flexibility index (Phi) is 5.69. The molecule has 1 aromatic rings. The SMILES string of the molecule is CC(C)OC(=O)NS(=O)(=O)NCc1ccc(S(N)(=O)=O)s1. The van der Waals surface area contributed by atoms with Crippen LogP contribution in [-0.4, -0.2) is 29.0 Å². The zero-order chi connectivity index (χ0) is 16.3. The molecule has 0 saturated carbocycles. The third-order valence-corrected chi connectivity index (χ3v) is 5.40. The number of hydrogen-bond donors (Lipinski definition) is 3. The van der Waals surface area contributed by atoms with Gasteiger partial charge in [0, 0.05) is 11.4 Å². The van der Waals surface area contributed by atoms with E-state index in [4.69, 9.17) is 5.14 Å². The van der Waals surface area contributed by atoms with Crippen molar-refractivity contribution >= 4 is 37.7 Å². The van der Waals surface area contributed by atoms with Gasteiger partial charge in [-0.05, 0) is 26.0 Å². The lowest BCUT2D eigenvalue weighted by Gasteiger charge is -2.10. The maximum atomic E-state index is 11.5. The van der Waals surface area contributed by atoms with Crippen LogP contribution in [0, 0.1) is 0 Å². The quantitative estimate of drug-likeness (QED) is 0.646. The molecule has 12 heteroatoms. The van der Waals surface area contributed by atoms with Crippen molar-refractivity contribution in [1.29, 1.82) is 0 Å². The summed E-state index contributed by atoms with van der Waals surface area (Å²) in [6.45, 7) is 2.95. The predicted octanol–water partition coefficient (Wildman–Crippen LogP) is -0.135. The number of carbonyl (C=O) groups excluding carboxylic acids is 1. The number of primary sulfonamides is 1. The van der Waals surface area contributed by atoms with Crippen LogP contribution in [0.2, 0.25) is 0 Å². The topological polar surface area (TPSA) is 145 Å². The molecule has 0 aliphatic heterocycles. The monoisotopic (exact) mass is 357 g/mol. The second-order valence-electron chi connectivity index (χ2n) is 4.15. The third kappa shape index (κ3) is 6.39. The molecule has 1 heterocycles. The molecule has 0 unspecified atom stereocenters. The normalized spacial score (nSPS) is 12.4. The van der Waals surface area contributed by atoms with E-state index in [0.717, 1.165) is 11.3 Å². The molecule has 0 spiro atoms. The highest BCUT2D eigenvalue weighted by Gasteiger charge is 2.17. The van der Waals surface area contributed by atoms with E-state index in [1.54, 1.807) is 18.6 Å². The molecule has 0 atom stereocenters. The largest absolute Gasteiger partial charge is 0.446 e. The first-order valence-electron chi connectivity index (χ1n) is 5.59. The summed E-state index contributed by atoms with van der Waals surface area (Å²) in [5.41, 5.74) is 0. The Morgan fingerprint density at radius 2 is 1.95 bits per heavy atom. The summed E-state index contributed by atoms with van der Waals surface area (Å²) < 4.78 is 53.5. The van der Waals surface area contributed by atoms with Crippen molar-refractivity contribution in [2.75, 3.05) is 0 Å². The molecule has 120 valence electrons. The Morgan fingerprint density at radius 3 is 2.43 bits per heavy atom. The molecule has 1 aromatic heterocycles. The van der Waals surface area contributed by atoms with E-state index in [2.05, 4.69) is 9.46 Å². The maximum absolute atomic E-state index is 11.5. The highest BCUT2D eigenvalue weighted by Crippen LogP contribution is 2.20. The Hall–Kier alpha value is -1.21. The van der Waals surface area contributed by atoms with Crippen LogP contribution in [0.3, 0.4) is 0 Å². The fourth-order valence-corrected chi connectivity index (χ4v) is 3.65. The highest BCUT2D eigenvalue weighted by atomic mass is 32.2. The van der Waals surface area contributed by atoms with Gasteiger partial charge in [-0.1, -0.05) is 0 Å². The van der Waals surface area contributed by atoms with Gasteiger partial charge in [0.05, 0.1) is 6.10 Å². The lowest BCUT2D eigenvalue weighted by molar-refractivity contribution is 0.121. The Balaban J connectivity index is 2.62. The minimum Gasteiger partial charge on any atom is -0.446 e. The fourth-order valence-electron chi connectivity index (χ4n) is 1.16. The van der Waals surface area contributed by atoms with Crippen molar-refractivity contribution in [1.82, 2.24) is 9.44 Å². The molecule has 0 aromatic carbocycles. The zero-order valence-electron chi connectivity index (χ0n) is 11.2. The van der Waals surface area contributed by atoms with Crippen LogP contribution in [0.15, 0.2) is 16.3 Å². The molecule has 0 aliphatic rings. The van der Waals surface area contributed by atoms with Gasteiger partial charge in [-0.15, -0.1) is 11.3 Å². The number of rotatable bonds is 6. The molecule has 1 amide bonds. The zero-order valence-corrected chi connectivity index (χ0v) is 13.6. The lowest BCUT2D eigenvalue weighted by Crippen LogP contribution is -2.40. The first-order valence-corrected chi connectivity index (χ1v) is 9.44. The van der Waals surface area contributed by atoms with E-state index < -0.39 is 32.4 Å². The van der Waals surface area contributed by atoms with Gasteiger partial charge in [-0.2, -0.15) is 13.1 Å². The van der Waals surface area contributed by atoms with E-state index in [9.17, 15) is 21.6 Å². The van der Waals surface area contributed by atoms with E-state index in [1.807, 2.05) is 0 Å². The van der Waals surface area contributed by atoms with Crippen molar-refractivity contribution in [2.24, 2.45) is 5.14 Å². The number of ether oxygens (including phenoxy) is 1. The molecular formula is C9H15N3O6S3. The van der Waals surface area contributed by atoms with Crippen molar-refractivity contribution in [3.8, 4) is 0 Å². The van der Waals surface area contributed by atoms with Crippen LogP contribution in [-0.2, 0) is 31.5 Å². The average Bonchev–Trinajstić information content (AvgIpc) is 2.72. The standard InChI is InChI=1S/C9H15N3O6S3/c1-6(2)18-9(13)12-21(16,17)11-5-7-3-4-8(19-7)20(10,14)15/h3-4,6,11H,5H2,1-2H3,(H,12,13)(H2,10,14,15). The Labute approximate surface area is 126 Å². The molecule has 0 radical (unpaired) electrons. The van der Waals surface area contributed by atoms with E-state index in [0.29, 0.717) is 4.88 Å². The average molecular weight is 357 g/mol. The number of nitrogens with one attached hydrogen (secondary N) is 2. The van der Waals surface area contributed by atoms with Gasteiger partial charge in [-0.25, -0.2) is 23.1 Å². The van der Waals surface area contributed by atoms with Crippen molar-refractivity contribution in [3.05, 3.63) is 17.0 Å². The van der Waals surface area contributed by atoms with Gasteiger partial charge >= 0.3 is 16.3 Å². The third-order valence-electron chi connectivity index (χ3n) is 1.91. The summed E-state index contributed by atoms with van der Waals surface area (Å²) >= 11 is 0.826. The van der Waals surface area contributed by atoms with Gasteiger partial charge < -0.3 is 4.74 Å². The molecule has 1 rings (SSSR count). The molecule has 9 nitrogen and oxygen atoms in total. The van der Waals surface area contributed by atoms with Gasteiger partial charge in [-0.3, -0.25) is 0 Å². The summed E-state index contributed by atoms with van der Waals surface area (Å²) in [5, 5.41) is 4.93. The molecule has 21 heavy (non-hydrogen) atoms. The molecule has 0 fully saturated rings. The number of hydrogen-bond acceptors (Lipinski definition) is 7. The van der Waals surface area contributed by atoms with Crippen LogP contribution in [0.1, 0.15) is 18.7 Å². The molecule has 0 bridgehead atoms. The van der Waals surface area contributed by atoms with Crippen LogP contribution in [0.4, 0.5) is 4.79 Å². The predicted molar refractivity (Wildman–Crippen MR) is 76.2 cm³/mol. The minimum absolute atomic E-state index is 0.0797. The van der Waals surface area contributed by atoms with Crippen LogP contribution < -0.4 is 14.6 Å². The van der Waals surface area contributed by atoms with Crippen LogP contribution >= 0.6 is 11.3 Å². The second-order valence-corrected chi connectivity index (χ2v) is 8.60. The van der Waals surface area contributed by atoms with Crippen LogP contribution in [0.25, 0.3) is 0 Å². The van der Waals surface area contributed by atoms with Gasteiger partial charge in [0.2, 0.25) is 10.0 Å². The Bertz CT molecular complexity index is 707. The second kappa shape index (κ2) is 6.70. The van der Waals surface area contributed by atoms with E-state index in [-0.39, 0.29) is 10.8 Å². The number of amides is 1. The van der Waals surface area contributed by atoms with Gasteiger partial charge in [0.25, 0.3) is 0 Å². The molecular weight excluding hydrogens is 342 g/mol. The lowest BCUT2D eigenvalue weighted by atomic mass is 10.5. The van der Waals surface area contributed by atoms with Crippen molar-refractivity contribution < 1.29 is 26.4 Å². The number of carbonyl (C=O) groups is 1. The first kappa shape index (κ1) is 17.8. The highest BCUT2D eigenvalue weighted by molar-refractivity contribution is 7.91. The maximum Gasteiger partial charge on any atom is 0.422 e. The molecule has 0 saturated heterocycles. The molecule has 4 N–H and O–H groups in total. The fraction of sp³-hybridized carbons (Fsp3) is 0.444. The minimum atomic E-state index is -4.10. The summed E-state index contributed by atoms with van der Waals surface area (Å²) in [7, 11) is -7.92. The van der Waals surface area contributed by atoms with Gasteiger partial charge in [0.1, 0.15) is 4.21 Å². The number of nitrogens with two attached hydrogens (primary N) is 1. The summed E-state index contributed by atoms with van der Waals surface area (Å²) in [5.74, 6) is 0. The summed E-state index contributed by atoms with van der Waals surface area (Å²) in [6.07, 6.45) is -1.57. The van der Waals surface area contributed by atoms with Crippen molar-refractivity contribution in [2.45, 2.75) is 30.7 Å². The van der Waals surface area contributed by atoms with Crippen LogP contribution in [0.5, 0.6) is 0 Å². The first-order chi connectivity index (χ1) is 9.49. The summed E-state index contributed by atoms with van der Waals surface area (Å²) in [4.78, 5) is 11.6. The molecule has 0 aliphatic carbocycles. The Morgan fingerprint density at radius 1 is 1.33 bits per heavy atom. The van der Waals surface area contributed by atoms with Gasteiger partial charge in [0.15, 0.2) is 0 Å². The van der Waals surface area contributed by atoms with E-state index in [1.165, 1.54) is 12.1 Å².